The Bertz CT molecular complexity index is 405. The van der Waals surface area contributed by atoms with Crippen molar-refractivity contribution < 1.29 is 31.4 Å². The molecule has 0 spiro atoms. The van der Waals surface area contributed by atoms with Gasteiger partial charge in [-0.15, -0.1) is 13.2 Å². The fraction of sp³-hybridized carbons (Fsp3) is 0.444. The van der Waals surface area contributed by atoms with Gasteiger partial charge in [0.1, 0.15) is 5.69 Å². The fourth-order valence-corrected chi connectivity index (χ4v) is 1.15. The third-order valence-corrected chi connectivity index (χ3v) is 1.78. The molecule has 0 atom stereocenters. The highest BCUT2D eigenvalue weighted by molar-refractivity contribution is 5.42. The van der Waals surface area contributed by atoms with E-state index in [1.165, 1.54) is 6.92 Å². The monoisotopic (exact) mass is 257 g/mol. The third kappa shape index (κ3) is 3.43. The Balaban J connectivity index is 3.21. The van der Waals surface area contributed by atoms with Crippen LogP contribution in [0.3, 0.4) is 0 Å². The molecule has 0 aliphatic carbocycles. The Morgan fingerprint density at radius 1 is 1.29 bits per heavy atom. The average molecular weight is 257 g/mol. The molecule has 1 aromatic rings. The third-order valence-electron chi connectivity index (χ3n) is 1.78. The Morgan fingerprint density at radius 3 is 2.29 bits per heavy atom. The maximum absolute atomic E-state index is 12.4. The summed E-state index contributed by atoms with van der Waals surface area (Å²) in [5.41, 5.74) is -0.807. The van der Waals surface area contributed by atoms with Crippen LogP contribution in [0.4, 0.5) is 22.0 Å². The Morgan fingerprint density at radius 2 is 1.88 bits per heavy atom. The number of methoxy groups -OCH3 is 1. The van der Waals surface area contributed by atoms with Crippen molar-refractivity contribution >= 4 is 0 Å². The first-order chi connectivity index (χ1) is 7.74. The van der Waals surface area contributed by atoms with Crippen molar-refractivity contribution in [2.24, 2.45) is 0 Å². The summed E-state index contributed by atoms with van der Waals surface area (Å²) in [5.74, 6) is -1.35. The predicted octanol–water partition coefficient (Wildman–Crippen LogP) is 3.23. The first-order valence-corrected chi connectivity index (χ1v) is 4.34. The molecular formula is C9H8F5NO2. The number of pyridine rings is 1. The molecule has 0 aliphatic rings. The van der Waals surface area contributed by atoms with Crippen molar-refractivity contribution in [1.82, 2.24) is 4.98 Å². The van der Waals surface area contributed by atoms with Crippen LogP contribution in [0.1, 0.15) is 17.7 Å². The van der Waals surface area contributed by atoms with Crippen molar-refractivity contribution in [3.8, 4) is 11.6 Å². The summed E-state index contributed by atoms with van der Waals surface area (Å²) in [7, 11) is 1.01. The molecule has 1 heterocycles. The lowest BCUT2D eigenvalue weighted by atomic mass is 10.2. The van der Waals surface area contributed by atoms with E-state index in [9.17, 15) is 22.0 Å². The normalized spacial score (nSPS) is 11.8. The van der Waals surface area contributed by atoms with Crippen molar-refractivity contribution in [2.75, 3.05) is 7.11 Å². The van der Waals surface area contributed by atoms with Gasteiger partial charge < -0.3 is 9.47 Å². The van der Waals surface area contributed by atoms with Gasteiger partial charge >= 0.3 is 6.36 Å². The second-order valence-corrected chi connectivity index (χ2v) is 3.05. The van der Waals surface area contributed by atoms with E-state index in [0.29, 0.717) is 0 Å². The number of hydrogen-bond acceptors (Lipinski definition) is 3. The van der Waals surface area contributed by atoms with Crippen LogP contribution in [0, 0.1) is 6.92 Å². The van der Waals surface area contributed by atoms with E-state index >= 15 is 0 Å². The first-order valence-electron chi connectivity index (χ1n) is 4.34. The van der Waals surface area contributed by atoms with Crippen LogP contribution in [-0.2, 0) is 0 Å². The predicted molar refractivity (Wildman–Crippen MR) is 47.2 cm³/mol. The van der Waals surface area contributed by atoms with Gasteiger partial charge in [-0.25, -0.2) is 13.8 Å². The number of hydrogen-bond donors (Lipinski definition) is 0. The van der Waals surface area contributed by atoms with Crippen LogP contribution in [-0.4, -0.2) is 18.5 Å². The first kappa shape index (κ1) is 13.5. The molecule has 1 aromatic heterocycles. The number of aryl methyl sites for hydroxylation is 1. The molecule has 0 bridgehead atoms. The van der Waals surface area contributed by atoms with Crippen molar-refractivity contribution in [3.05, 3.63) is 17.3 Å². The molecule has 0 radical (unpaired) electrons. The largest absolute Gasteiger partial charge is 0.573 e. The lowest BCUT2D eigenvalue weighted by molar-refractivity contribution is -0.275. The van der Waals surface area contributed by atoms with E-state index < -0.39 is 30.1 Å². The topological polar surface area (TPSA) is 31.4 Å². The Kier molecular flexibility index (Phi) is 3.74. The number of ether oxygens (including phenoxy) is 2. The van der Waals surface area contributed by atoms with Gasteiger partial charge in [0, 0.05) is 0 Å². The molecular weight excluding hydrogens is 249 g/mol. The molecule has 0 aliphatic heterocycles. The zero-order valence-electron chi connectivity index (χ0n) is 8.81. The average Bonchev–Trinajstić information content (AvgIpc) is 2.18. The highest BCUT2D eigenvalue weighted by Crippen LogP contribution is 2.35. The van der Waals surface area contributed by atoms with Gasteiger partial charge in [0.25, 0.3) is 12.3 Å². The van der Waals surface area contributed by atoms with Gasteiger partial charge in [0.15, 0.2) is 5.75 Å². The molecule has 0 saturated carbocycles. The lowest BCUT2D eigenvalue weighted by Gasteiger charge is -2.15. The van der Waals surface area contributed by atoms with Gasteiger partial charge in [-0.05, 0) is 18.6 Å². The van der Waals surface area contributed by atoms with Gasteiger partial charge in [0.05, 0.1) is 7.11 Å². The molecule has 96 valence electrons. The van der Waals surface area contributed by atoms with E-state index in [4.69, 9.17) is 0 Å². The van der Waals surface area contributed by atoms with Crippen molar-refractivity contribution in [1.29, 1.82) is 0 Å². The fourth-order valence-electron chi connectivity index (χ4n) is 1.15. The lowest BCUT2D eigenvalue weighted by Crippen LogP contribution is -2.19. The summed E-state index contributed by atoms with van der Waals surface area (Å²) in [4.78, 5) is 3.24. The molecule has 0 aromatic carbocycles. The molecule has 0 N–H and O–H groups in total. The van der Waals surface area contributed by atoms with E-state index in [2.05, 4.69) is 14.5 Å². The molecule has 0 saturated heterocycles. The summed E-state index contributed by atoms with van der Waals surface area (Å²) in [6.07, 6.45) is -7.84. The van der Waals surface area contributed by atoms with Crippen molar-refractivity contribution in [2.45, 2.75) is 19.7 Å². The van der Waals surface area contributed by atoms with Gasteiger partial charge in [0.2, 0.25) is 0 Å². The van der Waals surface area contributed by atoms with E-state index in [1.54, 1.807) is 0 Å². The molecule has 0 fully saturated rings. The summed E-state index contributed by atoms with van der Waals surface area (Å²) in [6.45, 7) is 1.19. The van der Waals surface area contributed by atoms with Gasteiger partial charge in [-0.1, -0.05) is 0 Å². The minimum Gasteiger partial charge on any atom is -0.478 e. The maximum Gasteiger partial charge on any atom is 0.573 e. The van der Waals surface area contributed by atoms with Crippen LogP contribution in [0.2, 0.25) is 0 Å². The quantitative estimate of drug-likeness (QED) is 0.779. The molecule has 3 nitrogen and oxygen atoms in total. The Labute approximate surface area is 93.2 Å². The van der Waals surface area contributed by atoms with E-state index in [1.807, 2.05) is 0 Å². The number of alkyl halides is 5. The second kappa shape index (κ2) is 4.72. The maximum atomic E-state index is 12.4. The molecule has 17 heavy (non-hydrogen) atoms. The zero-order valence-corrected chi connectivity index (χ0v) is 8.81. The summed E-state index contributed by atoms with van der Waals surface area (Å²) in [6, 6.07) is 0.814. The molecule has 8 heteroatoms. The summed E-state index contributed by atoms with van der Waals surface area (Å²) < 4.78 is 69.0. The van der Waals surface area contributed by atoms with Gasteiger partial charge in [-0.2, -0.15) is 0 Å². The van der Waals surface area contributed by atoms with Crippen LogP contribution < -0.4 is 9.47 Å². The summed E-state index contributed by atoms with van der Waals surface area (Å²) in [5, 5.41) is 0. The Hall–Kier alpha value is -1.60. The zero-order chi connectivity index (χ0) is 13.2. The summed E-state index contributed by atoms with van der Waals surface area (Å²) >= 11 is 0. The minimum atomic E-state index is -4.94. The highest BCUT2D eigenvalue weighted by Gasteiger charge is 2.34. The number of rotatable bonds is 3. The number of nitrogens with zero attached hydrogens (tertiary/aromatic N) is 1. The molecule has 0 amide bonds. The van der Waals surface area contributed by atoms with Crippen LogP contribution in [0.15, 0.2) is 6.07 Å². The van der Waals surface area contributed by atoms with Crippen LogP contribution in [0.25, 0.3) is 0 Å². The SMILES string of the molecule is COc1nc(C(F)F)cc(C)c1OC(F)(F)F. The van der Waals surface area contributed by atoms with E-state index in [0.717, 1.165) is 13.2 Å². The molecule has 0 unspecified atom stereocenters. The highest BCUT2D eigenvalue weighted by atomic mass is 19.4. The molecule has 1 rings (SSSR count). The smallest absolute Gasteiger partial charge is 0.478 e. The van der Waals surface area contributed by atoms with Crippen LogP contribution >= 0.6 is 0 Å². The minimum absolute atomic E-state index is 0.135. The number of aromatic nitrogens is 1. The number of halogens is 5. The van der Waals surface area contributed by atoms with Crippen molar-refractivity contribution in [3.63, 3.8) is 0 Å². The van der Waals surface area contributed by atoms with E-state index in [-0.39, 0.29) is 5.56 Å². The standard InChI is InChI=1S/C9H8F5NO2/c1-4-3-5(7(10)11)15-8(16-2)6(4)17-9(12,13)14/h3,7H,1-2H3. The second-order valence-electron chi connectivity index (χ2n) is 3.05. The van der Waals surface area contributed by atoms with Crippen LogP contribution in [0.5, 0.6) is 11.6 Å². The van der Waals surface area contributed by atoms with Gasteiger partial charge in [-0.3, -0.25) is 0 Å².